The standard InChI is InChI=1S/C14H13FN4/c1-3-19-14(17-9(2)18-19)11-6-7-12(15)10-5-4-8-16-13(10)11/h4-8H,3H2,1-2H3. The summed E-state index contributed by atoms with van der Waals surface area (Å²) in [5, 5.41) is 4.82. The lowest BCUT2D eigenvalue weighted by Crippen LogP contribution is -2.01. The van der Waals surface area contributed by atoms with Crippen molar-refractivity contribution in [1.82, 2.24) is 19.7 Å². The van der Waals surface area contributed by atoms with Crippen LogP contribution in [0.1, 0.15) is 12.7 Å². The zero-order valence-corrected chi connectivity index (χ0v) is 10.8. The molecule has 0 aliphatic heterocycles. The maximum Gasteiger partial charge on any atom is 0.160 e. The Labute approximate surface area is 109 Å². The first-order valence-corrected chi connectivity index (χ1v) is 6.15. The average molecular weight is 256 g/mol. The third kappa shape index (κ3) is 1.87. The quantitative estimate of drug-likeness (QED) is 0.708. The SMILES string of the molecule is CCn1nc(C)nc1-c1ccc(F)c2cccnc12. The van der Waals surface area contributed by atoms with Crippen molar-refractivity contribution in [3.05, 3.63) is 42.1 Å². The average Bonchev–Trinajstić information content (AvgIpc) is 2.80. The second-order valence-electron chi connectivity index (χ2n) is 4.29. The number of hydrogen-bond acceptors (Lipinski definition) is 3. The van der Waals surface area contributed by atoms with E-state index in [0.29, 0.717) is 23.3 Å². The van der Waals surface area contributed by atoms with Crippen molar-refractivity contribution in [2.45, 2.75) is 20.4 Å². The highest BCUT2D eigenvalue weighted by atomic mass is 19.1. The molecule has 0 bridgehead atoms. The summed E-state index contributed by atoms with van der Waals surface area (Å²) in [5.74, 6) is 1.15. The zero-order chi connectivity index (χ0) is 13.4. The molecule has 0 N–H and O–H groups in total. The fourth-order valence-corrected chi connectivity index (χ4v) is 2.19. The van der Waals surface area contributed by atoms with E-state index >= 15 is 0 Å². The Hall–Kier alpha value is -2.30. The lowest BCUT2D eigenvalue weighted by Gasteiger charge is -2.06. The lowest BCUT2D eigenvalue weighted by molar-refractivity contribution is 0.639. The summed E-state index contributed by atoms with van der Waals surface area (Å²) in [6.45, 7) is 4.55. The van der Waals surface area contributed by atoms with Crippen LogP contribution in [-0.2, 0) is 6.54 Å². The van der Waals surface area contributed by atoms with E-state index in [1.165, 1.54) is 6.07 Å². The number of halogens is 1. The van der Waals surface area contributed by atoms with E-state index in [1.807, 2.05) is 13.8 Å². The van der Waals surface area contributed by atoms with Crippen molar-refractivity contribution in [2.75, 3.05) is 0 Å². The van der Waals surface area contributed by atoms with Gasteiger partial charge in [0.05, 0.1) is 5.52 Å². The highest BCUT2D eigenvalue weighted by molar-refractivity contribution is 5.92. The summed E-state index contributed by atoms with van der Waals surface area (Å²) >= 11 is 0. The third-order valence-corrected chi connectivity index (χ3v) is 3.03. The van der Waals surface area contributed by atoms with Gasteiger partial charge in [0.2, 0.25) is 0 Å². The summed E-state index contributed by atoms with van der Waals surface area (Å²) in [7, 11) is 0. The Balaban J connectivity index is 2.34. The minimum Gasteiger partial charge on any atom is -0.255 e. The first kappa shape index (κ1) is 11.8. The van der Waals surface area contributed by atoms with Crippen LogP contribution in [0.2, 0.25) is 0 Å². The topological polar surface area (TPSA) is 43.6 Å². The predicted molar refractivity (Wildman–Crippen MR) is 71.1 cm³/mol. The normalized spacial score (nSPS) is 11.1. The molecule has 3 aromatic rings. The van der Waals surface area contributed by atoms with Crippen LogP contribution < -0.4 is 0 Å². The molecular formula is C14H13FN4. The van der Waals surface area contributed by atoms with Gasteiger partial charge in [-0.25, -0.2) is 14.1 Å². The van der Waals surface area contributed by atoms with E-state index < -0.39 is 0 Å². The monoisotopic (exact) mass is 256 g/mol. The second kappa shape index (κ2) is 4.42. The van der Waals surface area contributed by atoms with Gasteiger partial charge in [-0.15, -0.1) is 0 Å². The van der Waals surface area contributed by atoms with Crippen LogP contribution in [0.5, 0.6) is 0 Å². The van der Waals surface area contributed by atoms with E-state index in [0.717, 1.165) is 11.4 Å². The van der Waals surface area contributed by atoms with Crippen LogP contribution in [0.3, 0.4) is 0 Å². The summed E-state index contributed by atoms with van der Waals surface area (Å²) < 4.78 is 15.6. The molecular weight excluding hydrogens is 243 g/mol. The van der Waals surface area contributed by atoms with Gasteiger partial charge in [-0.1, -0.05) is 0 Å². The molecule has 1 aromatic carbocycles. The van der Waals surface area contributed by atoms with E-state index in [2.05, 4.69) is 15.1 Å². The van der Waals surface area contributed by atoms with Crippen molar-refractivity contribution in [2.24, 2.45) is 0 Å². The molecule has 2 aromatic heterocycles. The first-order chi connectivity index (χ1) is 9.20. The molecule has 0 unspecified atom stereocenters. The predicted octanol–water partition coefficient (Wildman–Crippen LogP) is 2.96. The van der Waals surface area contributed by atoms with Gasteiger partial charge in [0.1, 0.15) is 11.6 Å². The largest absolute Gasteiger partial charge is 0.255 e. The third-order valence-electron chi connectivity index (χ3n) is 3.03. The minimum atomic E-state index is -0.272. The maximum absolute atomic E-state index is 13.8. The smallest absolute Gasteiger partial charge is 0.160 e. The highest BCUT2D eigenvalue weighted by Crippen LogP contribution is 2.27. The van der Waals surface area contributed by atoms with Crippen molar-refractivity contribution in [3.63, 3.8) is 0 Å². The molecule has 0 aliphatic carbocycles. The Morgan fingerprint density at radius 2 is 2.11 bits per heavy atom. The van der Waals surface area contributed by atoms with E-state index in [1.54, 1.807) is 29.1 Å². The lowest BCUT2D eigenvalue weighted by atomic mass is 10.1. The summed E-state index contributed by atoms with van der Waals surface area (Å²) in [6.07, 6.45) is 1.66. The molecule has 2 heterocycles. The molecule has 0 aliphatic rings. The Morgan fingerprint density at radius 1 is 1.26 bits per heavy atom. The van der Waals surface area contributed by atoms with Crippen molar-refractivity contribution >= 4 is 10.9 Å². The molecule has 0 amide bonds. The van der Waals surface area contributed by atoms with Crippen LogP contribution in [0.15, 0.2) is 30.5 Å². The molecule has 0 atom stereocenters. The van der Waals surface area contributed by atoms with Crippen LogP contribution in [0.25, 0.3) is 22.3 Å². The molecule has 4 nitrogen and oxygen atoms in total. The zero-order valence-electron chi connectivity index (χ0n) is 10.8. The molecule has 19 heavy (non-hydrogen) atoms. The number of fused-ring (bicyclic) bond motifs is 1. The van der Waals surface area contributed by atoms with Crippen LogP contribution >= 0.6 is 0 Å². The summed E-state index contributed by atoms with van der Waals surface area (Å²) in [4.78, 5) is 8.70. The molecule has 0 fully saturated rings. The van der Waals surface area contributed by atoms with Crippen LogP contribution in [-0.4, -0.2) is 19.7 Å². The number of rotatable bonds is 2. The Kier molecular flexibility index (Phi) is 2.74. The Bertz CT molecular complexity index is 748. The fraction of sp³-hybridized carbons (Fsp3) is 0.214. The summed E-state index contributed by atoms with van der Waals surface area (Å²) in [6, 6.07) is 6.61. The van der Waals surface area contributed by atoms with Gasteiger partial charge in [-0.3, -0.25) is 4.98 Å². The van der Waals surface area contributed by atoms with Crippen molar-refractivity contribution < 1.29 is 4.39 Å². The Morgan fingerprint density at radius 3 is 2.89 bits per heavy atom. The van der Waals surface area contributed by atoms with Crippen LogP contribution in [0.4, 0.5) is 4.39 Å². The number of pyridine rings is 1. The number of hydrogen-bond donors (Lipinski definition) is 0. The van der Waals surface area contributed by atoms with Gasteiger partial charge in [-0.05, 0) is 38.1 Å². The molecule has 5 heteroatoms. The molecule has 0 spiro atoms. The first-order valence-electron chi connectivity index (χ1n) is 6.15. The number of aromatic nitrogens is 4. The van der Waals surface area contributed by atoms with E-state index in [9.17, 15) is 4.39 Å². The maximum atomic E-state index is 13.8. The van der Waals surface area contributed by atoms with Crippen molar-refractivity contribution in [3.8, 4) is 11.4 Å². The summed E-state index contributed by atoms with van der Waals surface area (Å²) in [5.41, 5.74) is 1.42. The molecule has 96 valence electrons. The van der Waals surface area contributed by atoms with Gasteiger partial charge in [0.25, 0.3) is 0 Å². The molecule has 0 saturated carbocycles. The van der Waals surface area contributed by atoms with Gasteiger partial charge < -0.3 is 0 Å². The number of nitrogens with zero attached hydrogens (tertiary/aromatic N) is 4. The van der Waals surface area contributed by atoms with Crippen LogP contribution in [0, 0.1) is 12.7 Å². The van der Waals surface area contributed by atoms with Gasteiger partial charge in [-0.2, -0.15) is 5.10 Å². The molecule has 0 radical (unpaired) electrons. The van der Waals surface area contributed by atoms with Gasteiger partial charge >= 0.3 is 0 Å². The van der Waals surface area contributed by atoms with E-state index in [4.69, 9.17) is 0 Å². The molecule has 3 rings (SSSR count). The van der Waals surface area contributed by atoms with Gasteiger partial charge in [0.15, 0.2) is 5.82 Å². The number of benzene rings is 1. The highest BCUT2D eigenvalue weighted by Gasteiger charge is 2.14. The van der Waals surface area contributed by atoms with Crippen molar-refractivity contribution in [1.29, 1.82) is 0 Å². The fourth-order valence-electron chi connectivity index (χ4n) is 2.19. The molecule has 0 saturated heterocycles. The second-order valence-corrected chi connectivity index (χ2v) is 4.29. The minimum absolute atomic E-state index is 0.272. The van der Waals surface area contributed by atoms with Gasteiger partial charge in [0, 0.05) is 23.7 Å². The van der Waals surface area contributed by atoms with E-state index in [-0.39, 0.29) is 5.82 Å². The number of aryl methyl sites for hydroxylation is 2.